The molecule has 0 bridgehead atoms. The Morgan fingerprint density at radius 2 is 1.91 bits per heavy atom. The lowest BCUT2D eigenvalue weighted by Crippen LogP contribution is -2.41. The van der Waals surface area contributed by atoms with Gasteiger partial charge in [0, 0.05) is 36.6 Å². The van der Waals surface area contributed by atoms with Crippen LogP contribution in [0.1, 0.15) is 45.9 Å². The van der Waals surface area contributed by atoms with Crippen molar-refractivity contribution in [2.24, 2.45) is 4.99 Å². The molecule has 0 atom stereocenters. The zero-order chi connectivity index (χ0) is 16.4. The van der Waals surface area contributed by atoms with Crippen molar-refractivity contribution in [1.82, 2.24) is 15.5 Å². The highest BCUT2D eigenvalue weighted by atomic mass is 127. The molecule has 0 saturated heterocycles. The first kappa shape index (κ1) is 22.7. The van der Waals surface area contributed by atoms with Crippen molar-refractivity contribution < 1.29 is 0 Å². The number of hydrogen-bond donors (Lipinski definition) is 2. The summed E-state index contributed by atoms with van der Waals surface area (Å²) < 4.78 is 0. The fraction of sp³-hybridized carbons (Fsp3) is 0.706. The number of hydrogen-bond acceptors (Lipinski definition) is 3. The molecule has 0 unspecified atom stereocenters. The van der Waals surface area contributed by atoms with Crippen LogP contribution in [0.15, 0.2) is 22.5 Å². The summed E-state index contributed by atoms with van der Waals surface area (Å²) in [5, 5.41) is 8.84. The number of nitrogens with one attached hydrogen (secondary N) is 2. The third-order valence-corrected chi connectivity index (χ3v) is 4.39. The van der Waals surface area contributed by atoms with Gasteiger partial charge in [-0.1, -0.05) is 6.07 Å². The van der Waals surface area contributed by atoms with Crippen molar-refractivity contribution in [2.45, 2.75) is 59.7 Å². The molecule has 0 radical (unpaired) electrons. The first-order valence-corrected chi connectivity index (χ1v) is 9.22. The van der Waals surface area contributed by atoms with Gasteiger partial charge in [-0.15, -0.1) is 35.3 Å². The van der Waals surface area contributed by atoms with Crippen molar-refractivity contribution in [3.63, 3.8) is 0 Å². The summed E-state index contributed by atoms with van der Waals surface area (Å²) in [7, 11) is 0. The molecule has 0 saturated carbocycles. The summed E-state index contributed by atoms with van der Waals surface area (Å²) in [5.41, 5.74) is 0. The summed E-state index contributed by atoms with van der Waals surface area (Å²) in [6, 6.07) is 5.39. The van der Waals surface area contributed by atoms with E-state index in [1.165, 1.54) is 4.88 Å². The average Bonchev–Trinajstić information content (AvgIpc) is 2.96. The Bertz CT molecular complexity index is 410. The van der Waals surface area contributed by atoms with E-state index in [1.54, 1.807) is 11.3 Å². The van der Waals surface area contributed by atoms with Gasteiger partial charge in [0.2, 0.25) is 0 Å². The minimum Gasteiger partial charge on any atom is -0.357 e. The molecule has 0 fully saturated rings. The van der Waals surface area contributed by atoms with E-state index in [0.717, 1.165) is 38.6 Å². The van der Waals surface area contributed by atoms with Gasteiger partial charge in [-0.25, -0.2) is 4.99 Å². The number of halogens is 1. The standard InChI is InChI=1S/C17H32N4S.HI/c1-6-18-17(20-13-16-9-7-12-22-16)19-10-8-11-21(14(2)3)15(4)5;/h7,9,12,14-15H,6,8,10-11,13H2,1-5H3,(H2,18,19,20);1H. The molecular formula is C17H33IN4S. The maximum atomic E-state index is 4.63. The molecule has 0 aliphatic carbocycles. The fourth-order valence-electron chi connectivity index (χ4n) is 2.48. The molecule has 2 N–H and O–H groups in total. The Balaban J connectivity index is 0.00000484. The summed E-state index contributed by atoms with van der Waals surface area (Å²) in [6.45, 7) is 14.9. The summed E-state index contributed by atoms with van der Waals surface area (Å²) >= 11 is 1.75. The van der Waals surface area contributed by atoms with Crippen LogP contribution in [0.3, 0.4) is 0 Å². The number of nitrogens with zero attached hydrogens (tertiary/aromatic N) is 2. The minimum absolute atomic E-state index is 0. The normalized spacial score (nSPS) is 11.9. The van der Waals surface area contributed by atoms with E-state index >= 15 is 0 Å². The van der Waals surface area contributed by atoms with E-state index in [0.29, 0.717) is 12.1 Å². The number of guanidine groups is 1. The Morgan fingerprint density at radius 1 is 1.22 bits per heavy atom. The van der Waals surface area contributed by atoms with Gasteiger partial charge in [0.25, 0.3) is 0 Å². The van der Waals surface area contributed by atoms with E-state index in [9.17, 15) is 0 Å². The maximum Gasteiger partial charge on any atom is 0.191 e. The second-order valence-electron chi connectivity index (χ2n) is 5.98. The summed E-state index contributed by atoms with van der Waals surface area (Å²) in [4.78, 5) is 8.45. The fourth-order valence-corrected chi connectivity index (χ4v) is 3.11. The van der Waals surface area contributed by atoms with Crippen molar-refractivity contribution in [1.29, 1.82) is 0 Å². The van der Waals surface area contributed by atoms with Gasteiger partial charge < -0.3 is 10.6 Å². The van der Waals surface area contributed by atoms with E-state index in [2.05, 4.69) is 72.7 Å². The summed E-state index contributed by atoms with van der Waals surface area (Å²) in [6.07, 6.45) is 1.12. The van der Waals surface area contributed by atoms with Crippen LogP contribution in [0, 0.1) is 0 Å². The van der Waals surface area contributed by atoms with Crippen LogP contribution in [0.25, 0.3) is 0 Å². The molecular weight excluding hydrogens is 419 g/mol. The van der Waals surface area contributed by atoms with Gasteiger partial charge in [-0.3, -0.25) is 4.90 Å². The van der Waals surface area contributed by atoms with Crippen LogP contribution < -0.4 is 10.6 Å². The monoisotopic (exact) mass is 452 g/mol. The molecule has 1 aromatic heterocycles. The topological polar surface area (TPSA) is 39.7 Å². The third-order valence-electron chi connectivity index (χ3n) is 3.53. The lowest BCUT2D eigenvalue weighted by molar-refractivity contribution is 0.173. The number of rotatable bonds is 9. The van der Waals surface area contributed by atoms with E-state index in [4.69, 9.17) is 0 Å². The average molecular weight is 452 g/mol. The molecule has 0 aliphatic rings. The lowest BCUT2D eigenvalue weighted by Gasteiger charge is -2.30. The number of thiophene rings is 1. The van der Waals surface area contributed by atoms with Gasteiger partial charge in [0.1, 0.15) is 0 Å². The van der Waals surface area contributed by atoms with Crippen molar-refractivity contribution in [2.75, 3.05) is 19.6 Å². The second-order valence-corrected chi connectivity index (χ2v) is 7.01. The molecule has 23 heavy (non-hydrogen) atoms. The highest BCUT2D eigenvalue weighted by Crippen LogP contribution is 2.09. The predicted molar refractivity (Wildman–Crippen MR) is 114 cm³/mol. The molecule has 0 aromatic carbocycles. The largest absolute Gasteiger partial charge is 0.357 e. The first-order valence-electron chi connectivity index (χ1n) is 8.34. The van der Waals surface area contributed by atoms with Gasteiger partial charge in [-0.2, -0.15) is 0 Å². The van der Waals surface area contributed by atoms with Crippen molar-refractivity contribution >= 4 is 41.3 Å². The Morgan fingerprint density at radius 3 is 2.43 bits per heavy atom. The highest BCUT2D eigenvalue weighted by molar-refractivity contribution is 14.0. The first-order chi connectivity index (χ1) is 10.5. The number of aliphatic imine (C=N–C) groups is 1. The van der Waals surface area contributed by atoms with Crippen LogP contribution in [-0.2, 0) is 6.54 Å². The van der Waals surface area contributed by atoms with Crippen LogP contribution in [0.2, 0.25) is 0 Å². The van der Waals surface area contributed by atoms with Crippen LogP contribution >= 0.6 is 35.3 Å². The molecule has 1 rings (SSSR count). The van der Waals surface area contributed by atoms with Gasteiger partial charge in [0.05, 0.1) is 6.54 Å². The molecule has 0 amide bonds. The zero-order valence-corrected chi connectivity index (χ0v) is 18.3. The minimum atomic E-state index is 0. The maximum absolute atomic E-state index is 4.63. The quantitative estimate of drug-likeness (QED) is 0.258. The molecule has 6 heteroatoms. The van der Waals surface area contributed by atoms with Gasteiger partial charge >= 0.3 is 0 Å². The van der Waals surface area contributed by atoms with E-state index in [-0.39, 0.29) is 24.0 Å². The Hall–Kier alpha value is -0.340. The van der Waals surface area contributed by atoms with E-state index < -0.39 is 0 Å². The molecule has 1 heterocycles. The van der Waals surface area contributed by atoms with Crippen molar-refractivity contribution in [3.05, 3.63) is 22.4 Å². The van der Waals surface area contributed by atoms with Crippen LogP contribution in [0.4, 0.5) is 0 Å². The Labute approximate surface area is 163 Å². The zero-order valence-electron chi connectivity index (χ0n) is 15.1. The lowest BCUT2D eigenvalue weighted by atomic mass is 10.2. The predicted octanol–water partition coefficient (Wildman–Crippen LogP) is 3.93. The second kappa shape index (κ2) is 13.0. The highest BCUT2D eigenvalue weighted by Gasteiger charge is 2.12. The molecule has 0 aliphatic heterocycles. The molecule has 134 valence electrons. The molecule has 1 aromatic rings. The third kappa shape index (κ3) is 9.52. The Kier molecular flexibility index (Phi) is 12.8. The van der Waals surface area contributed by atoms with E-state index in [1.807, 2.05) is 0 Å². The van der Waals surface area contributed by atoms with Crippen molar-refractivity contribution in [3.8, 4) is 0 Å². The van der Waals surface area contributed by atoms with Crippen LogP contribution in [-0.4, -0.2) is 42.6 Å². The van der Waals surface area contributed by atoms with Gasteiger partial charge in [0.15, 0.2) is 5.96 Å². The molecule has 4 nitrogen and oxygen atoms in total. The summed E-state index contributed by atoms with van der Waals surface area (Å²) in [5.74, 6) is 0.913. The molecule has 0 spiro atoms. The SMILES string of the molecule is CCNC(=NCc1cccs1)NCCCN(C(C)C)C(C)C.I. The van der Waals surface area contributed by atoms with Crippen LogP contribution in [0.5, 0.6) is 0 Å². The van der Waals surface area contributed by atoms with Gasteiger partial charge in [-0.05, 0) is 52.5 Å². The smallest absolute Gasteiger partial charge is 0.191 e.